The van der Waals surface area contributed by atoms with Crippen LogP contribution in [-0.2, 0) is 34.2 Å². The van der Waals surface area contributed by atoms with Gasteiger partial charge >= 0.3 is 6.18 Å². The largest absolute Gasteiger partial charge is 0.416 e. The van der Waals surface area contributed by atoms with Crippen LogP contribution in [0.2, 0.25) is 0 Å². The number of carbonyl (C=O) groups is 1. The van der Waals surface area contributed by atoms with Crippen LogP contribution in [0.15, 0.2) is 83.8 Å². The van der Waals surface area contributed by atoms with E-state index in [0.29, 0.717) is 34.5 Å². The maximum atomic E-state index is 13.3. The Hall–Kier alpha value is -4.23. The van der Waals surface area contributed by atoms with E-state index in [4.69, 9.17) is 0 Å². The Morgan fingerprint density at radius 2 is 1.58 bits per heavy atom. The first-order chi connectivity index (χ1) is 20.5. The topological polar surface area (TPSA) is 92.3 Å². The summed E-state index contributed by atoms with van der Waals surface area (Å²) in [6.07, 6.45) is -3.79. The SMILES string of the molecule is O=C(NCc1cc(-c2ccc(C(F)(F)F)cc2)nc(-c2ccc(CF)cc2)n1)[C@@H]1CCCN1S(=O)(=O)c1ccc(F)cc1. The molecule has 1 aliphatic heterocycles. The molecule has 0 saturated carbocycles. The van der Waals surface area contributed by atoms with Crippen molar-refractivity contribution in [1.82, 2.24) is 19.6 Å². The standard InChI is InChI=1S/C30H25F5N4O3S/c31-17-19-3-5-21(6-4-19)28-37-24(16-26(38-28)20-7-9-22(10-8-20)30(33,34)35)18-36-29(40)27-2-1-15-39(27)43(41,42)25-13-11-23(32)12-14-25/h3-14,16,27H,1-2,15,17-18H2,(H,36,40)/t27-/m0/s1. The molecule has 1 aromatic heterocycles. The van der Waals surface area contributed by atoms with Gasteiger partial charge < -0.3 is 5.32 Å². The maximum absolute atomic E-state index is 13.3. The number of halogens is 5. The molecule has 1 aliphatic rings. The van der Waals surface area contributed by atoms with Gasteiger partial charge in [0, 0.05) is 17.7 Å². The number of carbonyl (C=O) groups excluding carboxylic acids is 1. The third-order valence-electron chi connectivity index (χ3n) is 7.02. The second-order valence-corrected chi connectivity index (χ2v) is 11.8. The molecule has 0 aliphatic carbocycles. The lowest BCUT2D eigenvalue weighted by molar-refractivity contribution is -0.137. The lowest BCUT2D eigenvalue weighted by atomic mass is 10.1. The van der Waals surface area contributed by atoms with E-state index in [0.717, 1.165) is 40.7 Å². The predicted octanol–water partition coefficient (Wildman–Crippen LogP) is 5.91. The Labute approximate surface area is 244 Å². The zero-order chi connectivity index (χ0) is 30.8. The number of nitrogens with zero attached hydrogens (tertiary/aromatic N) is 3. The fourth-order valence-electron chi connectivity index (χ4n) is 4.77. The lowest BCUT2D eigenvalue weighted by Crippen LogP contribution is -2.45. The van der Waals surface area contributed by atoms with E-state index in [1.807, 2.05) is 0 Å². The molecular weight excluding hydrogens is 591 g/mol. The first kappa shape index (κ1) is 30.2. The van der Waals surface area contributed by atoms with E-state index in [9.17, 15) is 35.2 Å². The van der Waals surface area contributed by atoms with Crippen LogP contribution in [0.25, 0.3) is 22.6 Å². The minimum atomic E-state index is -4.51. The molecule has 0 unspecified atom stereocenters. The molecule has 2 heterocycles. The van der Waals surface area contributed by atoms with Crippen molar-refractivity contribution in [3.8, 4) is 22.6 Å². The summed E-state index contributed by atoms with van der Waals surface area (Å²) in [6.45, 7) is -0.688. The summed E-state index contributed by atoms with van der Waals surface area (Å²) in [6, 6.07) is 15.6. The number of rotatable bonds is 8. The van der Waals surface area contributed by atoms with E-state index in [2.05, 4.69) is 15.3 Å². The van der Waals surface area contributed by atoms with Gasteiger partial charge in [0.25, 0.3) is 0 Å². The number of benzene rings is 3. The molecule has 1 saturated heterocycles. The normalized spacial score (nSPS) is 15.9. The van der Waals surface area contributed by atoms with Crippen LogP contribution in [0.3, 0.4) is 0 Å². The van der Waals surface area contributed by atoms with Crippen molar-refractivity contribution in [2.45, 2.75) is 43.2 Å². The molecule has 4 aromatic rings. The minimum absolute atomic E-state index is 0.113. The fourth-order valence-corrected chi connectivity index (χ4v) is 6.42. The molecule has 224 valence electrons. The summed E-state index contributed by atoms with van der Waals surface area (Å²) in [5, 5.41) is 2.71. The summed E-state index contributed by atoms with van der Waals surface area (Å²) < 4.78 is 93.1. The van der Waals surface area contributed by atoms with Crippen molar-refractivity contribution in [2.75, 3.05) is 6.54 Å². The summed E-state index contributed by atoms with van der Waals surface area (Å²) in [5.74, 6) is -0.951. The highest BCUT2D eigenvalue weighted by Crippen LogP contribution is 2.31. The van der Waals surface area contributed by atoms with Crippen LogP contribution in [0.4, 0.5) is 22.0 Å². The number of amides is 1. The molecule has 7 nitrogen and oxygen atoms in total. The average Bonchev–Trinajstić information content (AvgIpc) is 3.51. The van der Waals surface area contributed by atoms with Crippen LogP contribution in [0.1, 0.15) is 29.7 Å². The molecule has 5 rings (SSSR count). The van der Waals surface area contributed by atoms with Crippen molar-refractivity contribution in [1.29, 1.82) is 0 Å². The number of nitrogens with one attached hydrogen (secondary N) is 1. The highest BCUT2D eigenvalue weighted by atomic mass is 32.2. The van der Waals surface area contributed by atoms with E-state index < -0.39 is 46.2 Å². The number of alkyl halides is 4. The molecule has 43 heavy (non-hydrogen) atoms. The van der Waals surface area contributed by atoms with Gasteiger partial charge in [-0.1, -0.05) is 36.4 Å². The quantitative estimate of drug-likeness (QED) is 0.249. The van der Waals surface area contributed by atoms with Gasteiger partial charge in [-0.15, -0.1) is 0 Å². The lowest BCUT2D eigenvalue weighted by Gasteiger charge is -2.23. The highest BCUT2D eigenvalue weighted by molar-refractivity contribution is 7.89. The summed E-state index contributed by atoms with van der Waals surface area (Å²) in [5.41, 5.74) is 1.11. The van der Waals surface area contributed by atoms with Gasteiger partial charge in [-0.05, 0) is 60.9 Å². The average molecular weight is 617 g/mol. The van der Waals surface area contributed by atoms with Crippen LogP contribution in [0.5, 0.6) is 0 Å². The van der Waals surface area contributed by atoms with Crippen molar-refractivity contribution in [2.24, 2.45) is 0 Å². The third kappa shape index (κ3) is 6.73. The van der Waals surface area contributed by atoms with Crippen molar-refractivity contribution in [3.05, 3.63) is 102 Å². The van der Waals surface area contributed by atoms with E-state index in [1.54, 1.807) is 24.3 Å². The van der Waals surface area contributed by atoms with E-state index >= 15 is 0 Å². The Kier molecular flexibility index (Phi) is 8.56. The second-order valence-electron chi connectivity index (χ2n) is 9.92. The van der Waals surface area contributed by atoms with Gasteiger partial charge in [0.05, 0.1) is 28.4 Å². The van der Waals surface area contributed by atoms with Crippen LogP contribution in [-0.4, -0.2) is 41.2 Å². The molecule has 3 aromatic carbocycles. The molecule has 1 atom stereocenters. The van der Waals surface area contributed by atoms with Gasteiger partial charge in [-0.3, -0.25) is 4.79 Å². The first-order valence-corrected chi connectivity index (χ1v) is 14.7. The van der Waals surface area contributed by atoms with Crippen LogP contribution in [0, 0.1) is 5.82 Å². The van der Waals surface area contributed by atoms with Gasteiger partial charge in [0.1, 0.15) is 18.5 Å². The highest BCUT2D eigenvalue weighted by Gasteiger charge is 2.39. The molecule has 0 spiro atoms. The van der Waals surface area contributed by atoms with Crippen LogP contribution >= 0.6 is 0 Å². The Balaban J connectivity index is 1.41. The zero-order valence-electron chi connectivity index (χ0n) is 22.5. The van der Waals surface area contributed by atoms with Crippen LogP contribution < -0.4 is 5.32 Å². The Bertz CT molecular complexity index is 1710. The van der Waals surface area contributed by atoms with Crippen molar-refractivity contribution >= 4 is 15.9 Å². The molecule has 0 bridgehead atoms. The van der Waals surface area contributed by atoms with E-state index in [1.165, 1.54) is 18.2 Å². The third-order valence-corrected chi connectivity index (χ3v) is 8.95. The molecule has 0 radical (unpaired) electrons. The second kappa shape index (κ2) is 12.2. The number of aromatic nitrogens is 2. The van der Waals surface area contributed by atoms with Crippen molar-refractivity contribution < 1.29 is 35.2 Å². The number of hydrogen-bond donors (Lipinski definition) is 1. The van der Waals surface area contributed by atoms with Gasteiger partial charge in [-0.25, -0.2) is 27.2 Å². The fraction of sp³-hybridized carbons (Fsp3) is 0.233. The number of hydrogen-bond acceptors (Lipinski definition) is 5. The summed E-state index contributed by atoms with van der Waals surface area (Å²) in [7, 11) is -4.06. The van der Waals surface area contributed by atoms with Gasteiger partial charge in [-0.2, -0.15) is 17.5 Å². The predicted molar refractivity (Wildman–Crippen MR) is 148 cm³/mol. The van der Waals surface area contributed by atoms with E-state index in [-0.39, 0.29) is 30.2 Å². The van der Waals surface area contributed by atoms with Gasteiger partial charge in [0.2, 0.25) is 15.9 Å². The summed E-state index contributed by atoms with van der Waals surface area (Å²) >= 11 is 0. The zero-order valence-corrected chi connectivity index (χ0v) is 23.3. The maximum Gasteiger partial charge on any atom is 0.416 e. The van der Waals surface area contributed by atoms with Gasteiger partial charge in [0.15, 0.2) is 5.82 Å². The molecular formula is C30H25F5N4O3S. The molecule has 1 fully saturated rings. The number of sulfonamides is 1. The summed E-state index contributed by atoms with van der Waals surface area (Å²) in [4.78, 5) is 22.1. The molecule has 1 amide bonds. The van der Waals surface area contributed by atoms with Crippen molar-refractivity contribution in [3.63, 3.8) is 0 Å². The minimum Gasteiger partial charge on any atom is -0.349 e. The smallest absolute Gasteiger partial charge is 0.349 e. The Morgan fingerprint density at radius 3 is 2.21 bits per heavy atom. The monoisotopic (exact) mass is 616 g/mol. The molecule has 1 N–H and O–H groups in total. The Morgan fingerprint density at radius 1 is 0.930 bits per heavy atom. The first-order valence-electron chi connectivity index (χ1n) is 13.2. The molecule has 13 heteroatoms.